The van der Waals surface area contributed by atoms with Gasteiger partial charge in [0.2, 0.25) is 5.72 Å². The second-order valence-corrected chi connectivity index (χ2v) is 6.11. The Morgan fingerprint density at radius 2 is 2.10 bits per heavy atom. The first-order chi connectivity index (χ1) is 10.2. The van der Waals surface area contributed by atoms with Crippen LogP contribution >= 0.6 is 15.9 Å². The van der Waals surface area contributed by atoms with Gasteiger partial charge in [-0.15, -0.1) is 0 Å². The molecule has 2 heterocycles. The molecule has 0 aliphatic carbocycles. The number of allylic oxidation sites excluding steroid dienone is 2. The highest BCUT2D eigenvalue weighted by Crippen LogP contribution is 2.45. The van der Waals surface area contributed by atoms with Crippen LogP contribution in [0.1, 0.15) is 5.56 Å². The van der Waals surface area contributed by atoms with E-state index >= 15 is 0 Å². The van der Waals surface area contributed by atoms with E-state index in [1.807, 2.05) is 6.08 Å². The molecule has 0 bridgehead atoms. The lowest BCUT2D eigenvalue weighted by molar-refractivity contribution is 0.0317. The van der Waals surface area contributed by atoms with Gasteiger partial charge in [0.05, 0.1) is 17.9 Å². The van der Waals surface area contributed by atoms with Gasteiger partial charge in [-0.3, -0.25) is 0 Å². The van der Waals surface area contributed by atoms with Gasteiger partial charge < -0.3 is 14.8 Å². The first-order valence-electron chi connectivity index (χ1n) is 6.81. The lowest BCUT2D eigenvalue weighted by atomic mass is 10.0. The number of rotatable bonds is 1. The highest BCUT2D eigenvalue weighted by molar-refractivity contribution is 9.11. The van der Waals surface area contributed by atoms with Crippen molar-refractivity contribution in [2.45, 2.75) is 12.1 Å². The van der Waals surface area contributed by atoms with Crippen molar-refractivity contribution < 1.29 is 9.47 Å². The summed E-state index contributed by atoms with van der Waals surface area (Å²) in [6, 6.07) is 12.7. The third-order valence-corrected chi connectivity index (χ3v) is 4.68. The number of hydrogen-bond donors (Lipinski definition) is 1. The number of anilines is 1. The molecule has 4 heteroatoms. The molecule has 2 aliphatic heterocycles. The summed E-state index contributed by atoms with van der Waals surface area (Å²) >= 11 is 3.54. The van der Waals surface area contributed by atoms with E-state index in [1.54, 1.807) is 13.4 Å². The van der Waals surface area contributed by atoms with Gasteiger partial charge in [-0.25, -0.2) is 0 Å². The van der Waals surface area contributed by atoms with E-state index in [0.29, 0.717) is 0 Å². The monoisotopic (exact) mass is 343 g/mol. The van der Waals surface area contributed by atoms with Gasteiger partial charge in [0.25, 0.3) is 0 Å². The average Bonchev–Trinajstić information content (AvgIpc) is 2.86. The molecule has 0 saturated carbocycles. The number of fused-ring (bicyclic) bond motifs is 3. The van der Waals surface area contributed by atoms with Crippen LogP contribution in [0.5, 0.6) is 0 Å². The van der Waals surface area contributed by atoms with E-state index in [-0.39, 0.29) is 0 Å². The van der Waals surface area contributed by atoms with E-state index in [1.165, 1.54) is 16.3 Å². The molecule has 1 N–H and O–H groups in total. The second-order valence-electron chi connectivity index (χ2n) is 5.25. The average molecular weight is 344 g/mol. The lowest BCUT2D eigenvalue weighted by Gasteiger charge is -2.33. The fourth-order valence-electron chi connectivity index (χ4n) is 3.13. The molecule has 0 aromatic heterocycles. The Morgan fingerprint density at radius 1 is 1.24 bits per heavy atom. The van der Waals surface area contributed by atoms with E-state index < -0.39 is 5.72 Å². The maximum absolute atomic E-state index is 5.93. The Hall–Kier alpha value is -1.94. The van der Waals surface area contributed by atoms with Crippen molar-refractivity contribution in [3.8, 4) is 0 Å². The zero-order chi connectivity index (χ0) is 14.4. The zero-order valence-electron chi connectivity index (χ0n) is 11.5. The van der Waals surface area contributed by atoms with Gasteiger partial charge in [-0.05, 0) is 33.0 Å². The summed E-state index contributed by atoms with van der Waals surface area (Å²) in [5.41, 5.74) is 1.70. The van der Waals surface area contributed by atoms with Gasteiger partial charge in [-0.2, -0.15) is 0 Å². The Balaban J connectivity index is 1.87. The van der Waals surface area contributed by atoms with Crippen LogP contribution in [0, 0.1) is 0 Å². The molecule has 1 atom stereocenters. The van der Waals surface area contributed by atoms with Gasteiger partial charge in [0.15, 0.2) is 5.76 Å². The van der Waals surface area contributed by atoms with Crippen LogP contribution in [0.25, 0.3) is 10.8 Å². The number of benzene rings is 2. The number of nitrogens with one attached hydrogen (secondary N) is 1. The number of hydrogen-bond acceptors (Lipinski definition) is 3. The zero-order valence-corrected chi connectivity index (χ0v) is 13.1. The van der Waals surface area contributed by atoms with Crippen LogP contribution in [-0.4, -0.2) is 12.8 Å². The van der Waals surface area contributed by atoms with Crippen molar-refractivity contribution in [2.75, 3.05) is 12.4 Å². The predicted molar refractivity (Wildman–Crippen MR) is 87.2 cm³/mol. The summed E-state index contributed by atoms with van der Waals surface area (Å²) in [7, 11) is 1.67. The third-order valence-electron chi connectivity index (χ3n) is 4.05. The van der Waals surface area contributed by atoms with Crippen LogP contribution in [0.4, 0.5) is 5.69 Å². The summed E-state index contributed by atoms with van der Waals surface area (Å²) < 4.78 is 12.4. The number of ether oxygens (including phenoxy) is 2. The first kappa shape index (κ1) is 12.8. The summed E-state index contributed by atoms with van der Waals surface area (Å²) in [4.78, 5) is 0. The third kappa shape index (κ3) is 1.79. The molecule has 0 fully saturated rings. The molecule has 21 heavy (non-hydrogen) atoms. The number of halogens is 1. The van der Waals surface area contributed by atoms with Crippen LogP contribution < -0.4 is 5.32 Å². The Kier molecular flexibility index (Phi) is 2.76. The molecule has 3 nitrogen and oxygen atoms in total. The summed E-state index contributed by atoms with van der Waals surface area (Å²) in [6.45, 7) is 0. The summed E-state index contributed by atoms with van der Waals surface area (Å²) in [6.07, 6.45) is 4.29. The molecule has 1 spiro atoms. The molecule has 1 unspecified atom stereocenters. The van der Waals surface area contributed by atoms with Crippen molar-refractivity contribution >= 4 is 32.4 Å². The molecular formula is C17H14BrNO2. The largest absolute Gasteiger partial charge is 0.494 e. The van der Waals surface area contributed by atoms with Crippen molar-refractivity contribution in [3.05, 3.63) is 64.5 Å². The minimum Gasteiger partial charge on any atom is -0.494 e. The fourth-order valence-corrected chi connectivity index (χ4v) is 3.72. The quantitative estimate of drug-likeness (QED) is 0.837. The van der Waals surface area contributed by atoms with Crippen LogP contribution in [-0.2, 0) is 15.9 Å². The first-order valence-corrected chi connectivity index (χ1v) is 7.60. The molecule has 2 aromatic rings. The topological polar surface area (TPSA) is 30.5 Å². The van der Waals surface area contributed by atoms with Crippen molar-refractivity contribution in [2.24, 2.45) is 0 Å². The highest BCUT2D eigenvalue weighted by Gasteiger charge is 2.46. The minimum atomic E-state index is -0.658. The summed E-state index contributed by atoms with van der Waals surface area (Å²) in [5.74, 6) is 0.769. The predicted octanol–water partition coefficient (Wildman–Crippen LogP) is 4.30. The standard InChI is InChI=1S/C17H14BrNO2/c1-20-16-14(18)8-9-21-17(16)10-12-7-6-11-4-2-3-5-13(11)15(12)19-17/h2-9,19H,10H2,1H3. The van der Waals surface area contributed by atoms with Crippen LogP contribution in [0.2, 0.25) is 0 Å². The molecule has 4 rings (SSSR count). The fraction of sp³-hybridized carbons (Fsp3) is 0.176. The van der Waals surface area contributed by atoms with Gasteiger partial charge in [0.1, 0.15) is 0 Å². The SMILES string of the molecule is COC1=C(Br)C=COC12Cc1ccc3ccccc3c1N2. The highest BCUT2D eigenvalue weighted by atomic mass is 79.9. The lowest BCUT2D eigenvalue weighted by Crippen LogP contribution is -2.42. The Bertz CT molecular complexity index is 796. The van der Waals surface area contributed by atoms with Crippen LogP contribution in [0.3, 0.4) is 0 Å². The van der Waals surface area contributed by atoms with Gasteiger partial charge in [-0.1, -0.05) is 36.4 Å². The van der Waals surface area contributed by atoms with E-state index in [0.717, 1.165) is 22.3 Å². The van der Waals surface area contributed by atoms with Crippen molar-refractivity contribution in [1.29, 1.82) is 0 Å². The van der Waals surface area contributed by atoms with Crippen molar-refractivity contribution in [1.82, 2.24) is 0 Å². The Morgan fingerprint density at radius 3 is 2.95 bits per heavy atom. The molecule has 0 saturated heterocycles. The molecular weight excluding hydrogens is 330 g/mol. The van der Waals surface area contributed by atoms with E-state index in [2.05, 4.69) is 57.6 Å². The summed E-state index contributed by atoms with van der Waals surface area (Å²) in [5, 5.41) is 5.96. The van der Waals surface area contributed by atoms with E-state index in [4.69, 9.17) is 9.47 Å². The Labute approximate surface area is 131 Å². The minimum absolute atomic E-state index is 0.658. The molecule has 2 aromatic carbocycles. The molecule has 0 amide bonds. The molecule has 106 valence electrons. The smallest absolute Gasteiger partial charge is 0.243 e. The maximum Gasteiger partial charge on any atom is 0.243 e. The van der Waals surface area contributed by atoms with Crippen molar-refractivity contribution in [3.63, 3.8) is 0 Å². The van der Waals surface area contributed by atoms with E-state index in [9.17, 15) is 0 Å². The second kappa shape index (κ2) is 4.53. The maximum atomic E-state index is 5.93. The molecule has 2 aliphatic rings. The number of methoxy groups -OCH3 is 1. The van der Waals surface area contributed by atoms with Gasteiger partial charge >= 0.3 is 0 Å². The normalized spacial score (nSPS) is 23.1. The van der Waals surface area contributed by atoms with Crippen LogP contribution in [0.15, 0.2) is 59.0 Å². The van der Waals surface area contributed by atoms with Gasteiger partial charge in [0, 0.05) is 17.5 Å². The molecule has 0 radical (unpaired) electrons.